The molecule has 0 saturated carbocycles. The van der Waals surface area contributed by atoms with Crippen LogP contribution in [0, 0.1) is 19.7 Å². The van der Waals surface area contributed by atoms with Crippen LogP contribution in [0.3, 0.4) is 0 Å². The number of aryl methyl sites for hydroxylation is 1. The van der Waals surface area contributed by atoms with E-state index in [-0.39, 0.29) is 11.9 Å². The molecule has 0 aliphatic carbocycles. The van der Waals surface area contributed by atoms with E-state index in [0.29, 0.717) is 12.6 Å². The van der Waals surface area contributed by atoms with Crippen molar-refractivity contribution in [3.63, 3.8) is 0 Å². The quantitative estimate of drug-likeness (QED) is 0.626. The van der Waals surface area contributed by atoms with Gasteiger partial charge in [0.15, 0.2) is 0 Å². The van der Waals surface area contributed by atoms with Gasteiger partial charge in [0, 0.05) is 17.8 Å². The van der Waals surface area contributed by atoms with Gasteiger partial charge >= 0.3 is 0 Å². The van der Waals surface area contributed by atoms with Crippen LogP contribution in [0.15, 0.2) is 48.5 Å². The van der Waals surface area contributed by atoms with Gasteiger partial charge in [-0.1, -0.05) is 36.4 Å². The maximum atomic E-state index is 13.0. The van der Waals surface area contributed by atoms with Gasteiger partial charge in [0.2, 0.25) is 5.95 Å². The van der Waals surface area contributed by atoms with Crippen LogP contribution in [0.4, 0.5) is 16.2 Å². The van der Waals surface area contributed by atoms with E-state index < -0.39 is 0 Å². The highest BCUT2D eigenvalue weighted by molar-refractivity contribution is 5.55. The first kappa shape index (κ1) is 19.3. The Hall–Kier alpha value is -2.99. The molecule has 4 rings (SSSR count). The highest BCUT2D eigenvalue weighted by Gasteiger charge is 2.26. The molecule has 2 aromatic carbocycles. The molecule has 1 unspecified atom stereocenters. The van der Waals surface area contributed by atoms with Gasteiger partial charge in [-0.25, -0.2) is 14.9 Å². The molecule has 0 amide bonds. The van der Waals surface area contributed by atoms with Crippen LogP contribution < -0.4 is 10.4 Å². The second-order valence-corrected chi connectivity index (χ2v) is 7.42. The molecule has 1 atom stereocenters. The van der Waals surface area contributed by atoms with Gasteiger partial charge in [0.1, 0.15) is 11.6 Å². The molecule has 5 nitrogen and oxygen atoms in total. The van der Waals surface area contributed by atoms with Crippen molar-refractivity contribution in [2.75, 3.05) is 16.9 Å². The van der Waals surface area contributed by atoms with Gasteiger partial charge in [0.25, 0.3) is 0 Å². The summed E-state index contributed by atoms with van der Waals surface area (Å²) in [7, 11) is 0. The van der Waals surface area contributed by atoms with Crippen molar-refractivity contribution in [2.24, 2.45) is 0 Å². The fourth-order valence-corrected chi connectivity index (χ4v) is 3.76. The Labute approximate surface area is 170 Å². The van der Waals surface area contributed by atoms with Gasteiger partial charge in [-0.2, -0.15) is 4.98 Å². The molecule has 0 radical (unpaired) electrons. The summed E-state index contributed by atoms with van der Waals surface area (Å²) in [6, 6.07) is 15.0. The second kappa shape index (κ2) is 8.17. The third-order valence-electron chi connectivity index (χ3n) is 5.55. The normalized spacial score (nSPS) is 15.9. The van der Waals surface area contributed by atoms with E-state index in [4.69, 9.17) is 9.82 Å². The largest absolute Gasteiger partial charge is 0.349 e. The summed E-state index contributed by atoms with van der Waals surface area (Å²) < 4.78 is 13.0. The second-order valence-electron chi connectivity index (χ2n) is 7.42. The van der Waals surface area contributed by atoms with Crippen LogP contribution in [0.1, 0.15) is 40.9 Å². The average molecular weight is 392 g/mol. The molecule has 150 valence electrons. The third kappa shape index (κ3) is 4.07. The minimum Gasteiger partial charge on any atom is -0.349 e. The molecule has 1 aromatic heterocycles. The van der Waals surface area contributed by atoms with Gasteiger partial charge in [-0.05, 0) is 56.0 Å². The topological polar surface area (TPSA) is 50.3 Å². The zero-order valence-electron chi connectivity index (χ0n) is 16.9. The summed E-state index contributed by atoms with van der Waals surface area (Å²) >= 11 is 0. The van der Waals surface area contributed by atoms with E-state index >= 15 is 0 Å². The van der Waals surface area contributed by atoms with Crippen LogP contribution >= 0.6 is 0 Å². The lowest BCUT2D eigenvalue weighted by Gasteiger charge is -2.37. The Kier molecular flexibility index (Phi) is 5.45. The van der Waals surface area contributed by atoms with E-state index in [1.54, 1.807) is 12.1 Å². The zero-order valence-corrected chi connectivity index (χ0v) is 16.9. The molecular weight excluding hydrogens is 367 g/mol. The summed E-state index contributed by atoms with van der Waals surface area (Å²) in [4.78, 5) is 17.1. The first-order chi connectivity index (χ1) is 14.0. The average Bonchev–Trinajstić information content (AvgIpc) is 2.73. The lowest BCUT2D eigenvalue weighted by atomic mass is 9.93. The molecule has 0 saturated heterocycles. The number of rotatable bonds is 5. The number of fused-ring (bicyclic) bond motifs is 1. The standard InChI is InChI=1S/C23H25FN4O/c1-15-16(2)25-23(27-29-14-18-8-10-20(24)11-9-18)26-22(15)28-13-12-19-6-4-5-7-21(19)17(28)3/h4-11,17H,12-14H2,1-3H3,(H,25,26,27). The maximum Gasteiger partial charge on any atom is 0.249 e. The van der Waals surface area contributed by atoms with Gasteiger partial charge in [-0.15, -0.1) is 0 Å². The molecule has 0 spiro atoms. The number of nitrogens with zero attached hydrogens (tertiary/aromatic N) is 3. The lowest BCUT2D eigenvalue weighted by molar-refractivity contribution is 0.177. The van der Waals surface area contributed by atoms with Crippen LogP contribution in [0.5, 0.6) is 0 Å². The highest BCUT2D eigenvalue weighted by Crippen LogP contribution is 2.34. The van der Waals surface area contributed by atoms with E-state index in [9.17, 15) is 4.39 Å². The van der Waals surface area contributed by atoms with E-state index in [1.807, 2.05) is 6.92 Å². The predicted molar refractivity (Wildman–Crippen MR) is 112 cm³/mol. The Morgan fingerprint density at radius 2 is 1.86 bits per heavy atom. The van der Waals surface area contributed by atoms with E-state index in [0.717, 1.165) is 35.6 Å². The van der Waals surface area contributed by atoms with Crippen molar-refractivity contribution in [3.8, 4) is 0 Å². The number of anilines is 2. The first-order valence-electron chi connectivity index (χ1n) is 9.85. The summed E-state index contributed by atoms with van der Waals surface area (Å²) in [6.45, 7) is 7.45. The van der Waals surface area contributed by atoms with Crippen molar-refractivity contribution in [1.29, 1.82) is 0 Å². The maximum absolute atomic E-state index is 13.0. The third-order valence-corrected chi connectivity index (χ3v) is 5.55. The molecule has 1 aliphatic rings. The van der Waals surface area contributed by atoms with Gasteiger partial charge in [-0.3, -0.25) is 4.84 Å². The number of hydrogen-bond acceptors (Lipinski definition) is 5. The molecule has 3 aromatic rings. The van der Waals surface area contributed by atoms with Gasteiger partial charge in [0.05, 0.1) is 12.6 Å². The summed E-state index contributed by atoms with van der Waals surface area (Å²) in [6.07, 6.45) is 0.993. The Bertz CT molecular complexity index is 1010. The smallest absolute Gasteiger partial charge is 0.249 e. The van der Waals surface area contributed by atoms with Crippen molar-refractivity contribution in [3.05, 3.63) is 82.3 Å². The van der Waals surface area contributed by atoms with Gasteiger partial charge < -0.3 is 4.90 Å². The number of nitrogens with one attached hydrogen (secondary N) is 1. The SMILES string of the molecule is Cc1nc(NOCc2ccc(F)cc2)nc(N2CCc3ccccc3C2C)c1C. The van der Waals surface area contributed by atoms with Crippen LogP contribution in [0.25, 0.3) is 0 Å². The zero-order chi connectivity index (χ0) is 20.4. The molecule has 1 aliphatic heterocycles. The monoisotopic (exact) mass is 392 g/mol. The van der Waals surface area contributed by atoms with E-state index in [1.165, 1.54) is 23.3 Å². The Balaban J connectivity index is 1.52. The Morgan fingerprint density at radius 3 is 2.66 bits per heavy atom. The number of hydrogen-bond donors (Lipinski definition) is 1. The fraction of sp³-hybridized carbons (Fsp3) is 0.304. The van der Waals surface area contributed by atoms with Crippen molar-refractivity contribution in [2.45, 2.75) is 39.8 Å². The number of aromatic nitrogens is 2. The van der Waals surface area contributed by atoms with Crippen molar-refractivity contribution in [1.82, 2.24) is 9.97 Å². The minimum absolute atomic E-state index is 0.237. The Morgan fingerprint density at radius 1 is 1.10 bits per heavy atom. The molecular formula is C23H25FN4O. The van der Waals surface area contributed by atoms with Crippen molar-refractivity contribution < 1.29 is 9.23 Å². The molecule has 29 heavy (non-hydrogen) atoms. The molecule has 0 fully saturated rings. The minimum atomic E-state index is -0.263. The predicted octanol–water partition coefficient (Wildman–Crippen LogP) is 4.90. The highest BCUT2D eigenvalue weighted by atomic mass is 19.1. The van der Waals surface area contributed by atoms with E-state index in [2.05, 4.69) is 53.5 Å². The molecule has 1 N–H and O–H groups in total. The summed E-state index contributed by atoms with van der Waals surface area (Å²) in [5.41, 5.74) is 8.44. The van der Waals surface area contributed by atoms with Crippen LogP contribution in [-0.2, 0) is 17.9 Å². The van der Waals surface area contributed by atoms with Crippen LogP contribution in [0.2, 0.25) is 0 Å². The van der Waals surface area contributed by atoms with Crippen LogP contribution in [-0.4, -0.2) is 16.5 Å². The number of halogens is 1. The summed E-state index contributed by atoms with van der Waals surface area (Å²) in [5, 5.41) is 0. The fourth-order valence-electron chi connectivity index (χ4n) is 3.76. The first-order valence-corrected chi connectivity index (χ1v) is 9.85. The summed E-state index contributed by atoms with van der Waals surface area (Å²) in [5.74, 6) is 1.09. The van der Waals surface area contributed by atoms with Crippen molar-refractivity contribution >= 4 is 11.8 Å². The number of benzene rings is 2. The molecule has 2 heterocycles. The molecule has 0 bridgehead atoms. The lowest BCUT2D eigenvalue weighted by Crippen LogP contribution is -2.35. The molecule has 6 heteroatoms.